The molecule has 140 valence electrons. The van der Waals surface area contributed by atoms with Crippen LogP contribution in [0.15, 0.2) is 54.6 Å². The minimum Gasteiger partial charge on any atom is -0.340 e. The maximum atomic E-state index is 13.0. The molecule has 7 heteroatoms. The monoisotopic (exact) mass is 394 g/mol. The Morgan fingerprint density at radius 2 is 1.77 bits per heavy atom. The zero-order valence-electron chi connectivity index (χ0n) is 15.1. The van der Waals surface area contributed by atoms with Crippen LogP contribution in [0.2, 0.25) is 5.02 Å². The lowest BCUT2D eigenvalue weighted by atomic mass is 10.1. The van der Waals surface area contributed by atoms with E-state index in [9.17, 15) is 13.2 Å². The summed E-state index contributed by atoms with van der Waals surface area (Å²) in [5.41, 5.74) is 1.36. The van der Waals surface area contributed by atoms with Gasteiger partial charge in [-0.15, -0.1) is 0 Å². The summed E-state index contributed by atoms with van der Waals surface area (Å²) in [4.78, 5) is 14.6. The number of sulfonamides is 1. The molecule has 2 aromatic rings. The molecule has 0 N–H and O–H groups in total. The van der Waals surface area contributed by atoms with Crippen molar-refractivity contribution in [1.29, 1.82) is 0 Å². The highest BCUT2D eigenvalue weighted by Crippen LogP contribution is 2.26. The molecular weight excluding hydrogens is 372 g/mol. The third kappa shape index (κ3) is 4.99. The molecule has 0 saturated carbocycles. The van der Waals surface area contributed by atoms with E-state index in [1.807, 2.05) is 30.3 Å². The number of anilines is 1. The van der Waals surface area contributed by atoms with Crippen molar-refractivity contribution in [2.75, 3.05) is 17.6 Å². The van der Waals surface area contributed by atoms with E-state index in [4.69, 9.17) is 11.6 Å². The van der Waals surface area contributed by atoms with Crippen LogP contribution >= 0.6 is 11.6 Å². The zero-order chi connectivity index (χ0) is 19.3. The molecule has 26 heavy (non-hydrogen) atoms. The molecule has 0 heterocycles. The number of halogens is 1. The van der Waals surface area contributed by atoms with Crippen LogP contribution in [0.3, 0.4) is 0 Å². The third-order valence-corrected chi connectivity index (χ3v) is 5.43. The molecule has 0 bridgehead atoms. The van der Waals surface area contributed by atoms with E-state index in [0.29, 0.717) is 23.7 Å². The number of benzene rings is 2. The lowest BCUT2D eigenvalue weighted by molar-refractivity contribution is -0.131. The summed E-state index contributed by atoms with van der Waals surface area (Å²) in [6.07, 6.45) is 1.44. The van der Waals surface area contributed by atoms with E-state index < -0.39 is 16.1 Å². The summed E-state index contributed by atoms with van der Waals surface area (Å²) in [5, 5.41) is 0.413. The van der Waals surface area contributed by atoms with Crippen molar-refractivity contribution in [2.24, 2.45) is 0 Å². The van der Waals surface area contributed by atoms with E-state index in [1.54, 1.807) is 43.1 Å². The van der Waals surface area contributed by atoms with Gasteiger partial charge in [0.1, 0.15) is 6.04 Å². The molecule has 1 atom stereocenters. The number of carbonyl (C=O) groups excluding carboxylic acids is 1. The fraction of sp³-hybridized carbons (Fsp3) is 0.316. The predicted molar refractivity (Wildman–Crippen MR) is 106 cm³/mol. The molecule has 2 aromatic carbocycles. The van der Waals surface area contributed by atoms with Crippen LogP contribution in [0.1, 0.15) is 18.9 Å². The van der Waals surface area contributed by atoms with Crippen molar-refractivity contribution < 1.29 is 13.2 Å². The number of amides is 1. The first-order valence-electron chi connectivity index (χ1n) is 8.28. The quantitative estimate of drug-likeness (QED) is 0.721. The second kappa shape index (κ2) is 8.56. The minimum atomic E-state index is -3.67. The summed E-state index contributed by atoms with van der Waals surface area (Å²) >= 11 is 6.02. The van der Waals surface area contributed by atoms with Gasteiger partial charge in [-0.2, -0.15) is 0 Å². The lowest BCUT2D eigenvalue weighted by Gasteiger charge is -2.33. The molecule has 0 aliphatic rings. The van der Waals surface area contributed by atoms with E-state index in [0.717, 1.165) is 16.1 Å². The van der Waals surface area contributed by atoms with E-state index in [2.05, 4.69) is 0 Å². The molecule has 0 aliphatic heterocycles. The average molecular weight is 395 g/mol. The fourth-order valence-electron chi connectivity index (χ4n) is 2.85. The standard InChI is InChI=1S/C19H23ClN2O3S/c1-4-18(19(23)21(2)14-15-9-6-5-7-10-15)22(26(3,24)25)17-12-8-11-16(20)13-17/h5-13,18H,4,14H2,1-3H3. The van der Waals surface area contributed by atoms with Crippen LogP contribution in [-0.4, -0.2) is 38.6 Å². The molecule has 1 unspecified atom stereocenters. The van der Waals surface area contributed by atoms with E-state index >= 15 is 0 Å². The number of likely N-dealkylation sites (N-methyl/N-ethyl adjacent to an activating group) is 1. The van der Waals surface area contributed by atoms with Crippen LogP contribution in [-0.2, 0) is 21.4 Å². The van der Waals surface area contributed by atoms with Gasteiger partial charge < -0.3 is 4.90 Å². The predicted octanol–water partition coefficient (Wildman–Crippen LogP) is 3.54. The van der Waals surface area contributed by atoms with Gasteiger partial charge >= 0.3 is 0 Å². The minimum absolute atomic E-state index is 0.262. The van der Waals surface area contributed by atoms with E-state index in [1.165, 1.54) is 0 Å². The largest absolute Gasteiger partial charge is 0.340 e. The van der Waals surface area contributed by atoms with Crippen molar-refractivity contribution in [3.8, 4) is 0 Å². The Balaban J connectivity index is 2.33. The van der Waals surface area contributed by atoms with Gasteiger partial charge in [-0.3, -0.25) is 9.10 Å². The molecule has 0 saturated heterocycles. The molecule has 0 spiro atoms. The molecule has 2 rings (SSSR count). The molecule has 5 nitrogen and oxygen atoms in total. The molecule has 0 aliphatic carbocycles. The van der Waals surface area contributed by atoms with Gasteiger partial charge in [0.25, 0.3) is 0 Å². The topological polar surface area (TPSA) is 57.7 Å². The lowest BCUT2D eigenvalue weighted by Crippen LogP contribution is -2.49. The maximum absolute atomic E-state index is 13.0. The van der Waals surface area contributed by atoms with Crippen LogP contribution in [0, 0.1) is 0 Å². The number of carbonyl (C=O) groups is 1. The van der Waals surface area contributed by atoms with Gasteiger partial charge in [0.15, 0.2) is 0 Å². The normalized spacial score (nSPS) is 12.5. The molecular formula is C19H23ClN2O3S. The second-order valence-electron chi connectivity index (χ2n) is 6.14. The maximum Gasteiger partial charge on any atom is 0.246 e. The second-order valence-corrected chi connectivity index (χ2v) is 8.44. The molecule has 0 fully saturated rings. The highest BCUT2D eigenvalue weighted by molar-refractivity contribution is 7.92. The first-order valence-corrected chi connectivity index (χ1v) is 10.5. The fourth-order valence-corrected chi connectivity index (χ4v) is 4.23. The van der Waals surface area contributed by atoms with Gasteiger partial charge in [-0.25, -0.2) is 8.42 Å². The third-order valence-electron chi connectivity index (χ3n) is 4.01. The number of nitrogens with zero attached hydrogens (tertiary/aromatic N) is 2. The first kappa shape index (κ1) is 20.3. The van der Waals surface area contributed by atoms with Crippen molar-refractivity contribution in [1.82, 2.24) is 4.90 Å². The van der Waals surface area contributed by atoms with E-state index in [-0.39, 0.29) is 5.91 Å². The van der Waals surface area contributed by atoms with Crippen molar-refractivity contribution in [3.05, 3.63) is 65.2 Å². The Kier molecular flexibility index (Phi) is 6.67. The van der Waals surface area contributed by atoms with Gasteiger partial charge in [0.2, 0.25) is 15.9 Å². The molecule has 0 aromatic heterocycles. The van der Waals surface area contributed by atoms with Gasteiger partial charge in [-0.1, -0.05) is 54.9 Å². The summed E-state index contributed by atoms with van der Waals surface area (Å²) in [6.45, 7) is 2.20. The van der Waals surface area contributed by atoms with Crippen LogP contribution < -0.4 is 4.31 Å². The van der Waals surface area contributed by atoms with Gasteiger partial charge in [0, 0.05) is 18.6 Å². The van der Waals surface area contributed by atoms with Crippen molar-refractivity contribution in [3.63, 3.8) is 0 Å². The number of rotatable bonds is 7. The number of hydrogen-bond acceptors (Lipinski definition) is 3. The zero-order valence-corrected chi connectivity index (χ0v) is 16.7. The first-order chi connectivity index (χ1) is 12.2. The Morgan fingerprint density at radius 3 is 2.31 bits per heavy atom. The number of hydrogen-bond donors (Lipinski definition) is 0. The molecule has 0 radical (unpaired) electrons. The smallest absolute Gasteiger partial charge is 0.246 e. The summed E-state index contributed by atoms with van der Waals surface area (Å²) in [6, 6.07) is 15.2. The van der Waals surface area contributed by atoms with Crippen LogP contribution in [0.5, 0.6) is 0 Å². The van der Waals surface area contributed by atoms with Crippen LogP contribution in [0.25, 0.3) is 0 Å². The van der Waals surface area contributed by atoms with Crippen molar-refractivity contribution >= 4 is 33.2 Å². The Morgan fingerprint density at radius 1 is 1.12 bits per heavy atom. The van der Waals surface area contributed by atoms with Crippen LogP contribution in [0.4, 0.5) is 5.69 Å². The summed E-state index contributed by atoms with van der Waals surface area (Å²) < 4.78 is 26.0. The Hall–Kier alpha value is -2.05. The SMILES string of the molecule is CCC(C(=O)N(C)Cc1ccccc1)N(c1cccc(Cl)c1)S(C)(=O)=O. The van der Waals surface area contributed by atoms with Gasteiger partial charge in [0.05, 0.1) is 11.9 Å². The average Bonchev–Trinajstić information content (AvgIpc) is 2.58. The van der Waals surface area contributed by atoms with Crippen molar-refractivity contribution in [2.45, 2.75) is 25.9 Å². The highest BCUT2D eigenvalue weighted by Gasteiger charge is 2.33. The molecule has 1 amide bonds. The van der Waals surface area contributed by atoms with Gasteiger partial charge in [-0.05, 0) is 30.2 Å². The Bertz CT molecular complexity index is 856. The summed E-state index contributed by atoms with van der Waals surface area (Å²) in [5.74, 6) is -0.262. The summed E-state index contributed by atoms with van der Waals surface area (Å²) in [7, 11) is -1.99. The Labute approximate surface area is 160 Å². The highest BCUT2D eigenvalue weighted by atomic mass is 35.5.